The van der Waals surface area contributed by atoms with E-state index < -0.39 is 22.0 Å². The first-order valence-corrected chi connectivity index (χ1v) is 3.58. The van der Waals surface area contributed by atoms with Crippen molar-refractivity contribution in [2.45, 2.75) is 4.90 Å². The second kappa shape index (κ2) is 3.41. The van der Waals surface area contributed by atoms with E-state index in [1.54, 1.807) is 0 Å². The van der Waals surface area contributed by atoms with Crippen molar-refractivity contribution in [1.82, 2.24) is 0 Å². The summed E-state index contributed by atoms with van der Waals surface area (Å²) in [5, 5.41) is 18.8. The predicted octanol–water partition coefficient (Wildman–Crippen LogP) is 1.89. The molecule has 0 N–H and O–H groups in total. The van der Waals surface area contributed by atoms with Crippen LogP contribution in [0.1, 0.15) is 5.56 Å². The van der Waals surface area contributed by atoms with Gasteiger partial charge in [0.15, 0.2) is 5.56 Å². The van der Waals surface area contributed by atoms with Crippen molar-refractivity contribution in [2.24, 2.45) is 0 Å². The van der Waals surface area contributed by atoms with Crippen molar-refractivity contribution in [3.8, 4) is 6.07 Å². The summed E-state index contributed by atoms with van der Waals surface area (Å²) in [6.45, 7) is 0. The summed E-state index contributed by atoms with van der Waals surface area (Å²) in [6.07, 6.45) is 0. The minimum atomic E-state index is -0.929. The SMILES string of the molecule is N#Cc1c(F)cc(S)cc1[N+](=O)[O-]. The Hall–Kier alpha value is -1.61. The Morgan fingerprint density at radius 3 is 2.69 bits per heavy atom. The van der Waals surface area contributed by atoms with Crippen LogP contribution in [0.15, 0.2) is 17.0 Å². The Balaban J connectivity index is 3.50. The van der Waals surface area contributed by atoms with Crippen LogP contribution < -0.4 is 0 Å². The van der Waals surface area contributed by atoms with E-state index in [0.717, 1.165) is 12.1 Å². The number of thiol groups is 1. The van der Waals surface area contributed by atoms with Crippen molar-refractivity contribution >= 4 is 18.3 Å². The zero-order valence-electron chi connectivity index (χ0n) is 6.19. The second-order valence-corrected chi connectivity index (χ2v) is 2.71. The normalized spacial score (nSPS) is 9.31. The van der Waals surface area contributed by atoms with Crippen molar-refractivity contribution in [1.29, 1.82) is 5.26 Å². The smallest absolute Gasteiger partial charge is 0.258 e. The molecule has 0 atom stereocenters. The van der Waals surface area contributed by atoms with Crippen LogP contribution in [-0.2, 0) is 0 Å². The lowest BCUT2D eigenvalue weighted by molar-refractivity contribution is -0.385. The van der Waals surface area contributed by atoms with Crippen molar-refractivity contribution in [3.05, 3.63) is 33.6 Å². The molecule has 0 aliphatic heterocycles. The zero-order valence-corrected chi connectivity index (χ0v) is 7.09. The first-order valence-electron chi connectivity index (χ1n) is 3.13. The molecule has 0 saturated carbocycles. The molecule has 0 unspecified atom stereocenters. The molecule has 1 rings (SSSR count). The fraction of sp³-hybridized carbons (Fsp3) is 0. The third-order valence-electron chi connectivity index (χ3n) is 1.36. The average molecular weight is 198 g/mol. The van der Waals surface area contributed by atoms with Crippen molar-refractivity contribution in [3.63, 3.8) is 0 Å². The number of nitro benzene ring substituents is 1. The summed E-state index contributed by atoms with van der Waals surface area (Å²) in [6, 6.07) is 3.41. The number of nitriles is 1. The van der Waals surface area contributed by atoms with E-state index in [9.17, 15) is 14.5 Å². The summed E-state index contributed by atoms with van der Waals surface area (Å²) in [5.74, 6) is -0.929. The number of benzene rings is 1. The minimum absolute atomic E-state index is 0.114. The van der Waals surface area contributed by atoms with Crippen LogP contribution >= 0.6 is 12.6 Å². The first kappa shape index (κ1) is 9.48. The Kier molecular flexibility index (Phi) is 2.49. The van der Waals surface area contributed by atoms with Gasteiger partial charge in [0.05, 0.1) is 4.92 Å². The predicted molar refractivity (Wildman–Crippen MR) is 45.0 cm³/mol. The molecule has 6 heteroatoms. The number of hydrogen-bond donors (Lipinski definition) is 1. The maximum absolute atomic E-state index is 12.9. The summed E-state index contributed by atoms with van der Waals surface area (Å²) in [7, 11) is 0. The highest BCUT2D eigenvalue weighted by atomic mass is 32.1. The summed E-state index contributed by atoms with van der Waals surface area (Å²) in [4.78, 5) is 9.63. The maximum Gasteiger partial charge on any atom is 0.291 e. The molecule has 0 bridgehead atoms. The Morgan fingerprint density at radius 1 is 1.62 bits per heavy atom. The Morgan fingerprint density at radius 2 is 2.23 bits per heavy atom. The number of nitro groups is 1. The quantitative estimate of drug-likeness (QED) is 0.425. The van der Waals surface area contributed by atoms with E-state index in [2.05, 4.69) is 12.6 Å². The lowest BCUT2D eigenvalue weighted by Crippen LogP contribution is -1.95. The zero-order chi connectivity index (χ0) is 10.0. The summed E-state index contributed by atoms with van der Waals surface area (Å²) >= 11 is 3.75. The van der Waals surface area contributed by atoms with E-state index in [1.807, 2.05) is 0 Å². The van der Waals surface area contributed by atoms with Crippen LogP contribution in [0.3, 0.4) is 0 Å². The van der Waals surface area contributed by atoms with Crippen LogP contribution in [0.5, 0.6) is 0 Å². The van der Waals surface area contributed by atoms with Crippen LogP contribution in [-0.4, -0.2) is 4.92 Å². The molecular formula is C7H3FN2O2S. The van der Waals surface area contributed by atoms with Gasteiger partial charge >= 0.3 is 0 Å². The van der Waals surface area contributed by atoms with Crippen molar-refractivity contribution < 1.29 is 9.31 Å². The molecular weight excluding hydrogens is 195 g/mol. The van der Waals surface area contributed by atoms with E-state index in [4.69, 9.17) is 5.26 Å². The standard InChI is InChI=1S/C7H3FN2O2S/c8-6-1-4(13)2-7(10(11)12)5(6)3-9/h1-2,13H. The summed E-state index contributed by atoms with van der Waals surface area (Å²) in [5.41, 5.74) is -1.13. The largest absolute Gasteiger partial charge is 0.291 e. The van der Waals surface area contributed by atoms with Gasteiger partial charge in [-0.3, -0.25) is 10.1 Å². The Labute approximate surface area is 78.2 Å². The van der Waals surface area contributed by atoms with Gasteiger partial charge in [-0.2, -0.15) is 5.26 Å². The maximum atomic E-state index is 12.9. The number of rotatable bonds is 1. The second-order valence-electron chi connectivity index (χ2n) is 2.19. The number of halogens is 1. The molecule has 0 saturated heterocycles. The fourth-order valence-electron chi connectivity index (χ4n) is 0.833. The molecule has 0 heterocycles. The topological polar surface area (TPSA) is 66.9 Å². The van der Waals surface area contributed by atoms with Gasteiger partial charge in [-0.1, -0.05) is 0 Å². The molecule has 0 amide bonds. The van der Waals surface area contributed by atoms with Gasteiger partial charge in [-0.15, -0.1) is 12.6 Å². The molecule has 0 radical (unpaired) electrons. The van der Waals surface area contributed by atoms with E-state index in [1.165, 1.54) is 6.07 Å². The van der Waals surface area contributed by atoms with Crippen LogP contribution in [0, 0.1) is 27.3 Å². The molecule has 4 nitrogen and oxygen atoms in total. The molecule has 1 aromatic rings. The molecule has 0 aromatic heterocycles. The first-order chi connectivity index (χ1) is 6.06. The average Bonchev–Trinajstić information content (AvgIpc) is 2.02. The number of nitrogens with zero attached hydrogens (tertiary/aromatic N) is 2. The third kappa shape index (κ3) is 1.76. The third-order valence-corrected chi connectivity index (χ3v) is 1.62. The molecule has 1 aromatic carbocycles. The van der Waals surface area contributed by atoms with Gasteiger partial charge in [0.25, 0.3) is 5.69 Å². The van der Waals surface area contributed by atoms with Crippen LogP contribution in [0.25, 0.3) is 0 Å². The molecule has 0 aliphatic carbocycles. The van der Waals surface area contributed by atoms with Gasteiger partial charge < -0.3 is 0 Å². The molecule has 13 heavy (non-hydrogen) atoms. The van der Waals surface area contributed by atoms with E-state index in [-0.39, 0.29) is 4.90 Å². The Bertz CT molecular complexity index is 414. The van der Waals surface area contributed by atoms with E-state index >= 15 is 0 Å². The summed E-state index contributed by atoms with van der Waals surface area (Å²) < 4.78 is 12.9. The molecule has 0 spiro atoms. The monoisotopic (exact) mass is 198 g/mol. The number of hydrogen-bond acceptors (Lipinski definition) is 4. The highest BCUT2D eigenvalue weighted by molar-refractivity contribution is 7.80. The highest BCUT2D eigenvalue weighted by Gasteiger charge is 2.18. The van der Waals surface area contributed by atoms with Gasteiger partial charge in [0.2, 0.25) is 0 Å². The highest BCUT2D eigenvalue weighted by Crippen LogP contribution is 2.24. The molecule has 0 aliphatic rings. The van der Waals surface area contributed by atoms with Crippen molar-refractivity contribution in [2.75, 3.05) is 0 Å². The van der Waals surface area contributed by atoms with Crippen LogP contribution in [0.4, 0.5) is 10.1 Å². The molecule has 66 valence electrons. The van der Waals surface area contributed by atoms with Crippen LogP contribution in [0.2, 0.25) is 0 Å². The minimum Gasteiger partial charge on any atom is -0.258 e. The molecule has 0 fully saturated rings. The fourth-order valence-corrected chi connectivity index (χ4v) is 1.07. The van der Waals surface area contributed by atoms with Gasteiger partial charge in [0.1, 0.15) is 11.9 Å². The lowest BCUT2D eigenvalue weighted by Gasteiger charge is -1.97. The van der Waals surface area contributed by atoms with Gasteiger partial charge in [-0.25, -0.2) is 4.39 Å². The van der Waals surface area contributed by atoms with E-state index in [0.29, 0.717) is 0 Å². The van der Waals surface area contributed by atoms with Gasteiger partial charge in [-0.05, 0) is 6.07 Å². The van der Waals surface area contributed by atoms with Gasteiger partial charge in [0, 0.05) is 11.0 Å². The lowest BCUT2D eigenvalue weighted by atomic mass is 10.2.